The summed E-state index contributed by atoms with van der Waals surface area (Å²) < 4.78 is 1.55. The minimum atomic E-state index is -0.123. The van der Waals surface area contributed by atoms with Crippen LogP contribution in [0.3, 0.4) is 0 Å². The van der Waals surface area contributed by atoms with Gasteiger partial charge in [0.2, 0.25) is 5.78 Å². The van der Waals surface area contributed by atoms with Crippen LogP contribution >= 0.6 is 22.9 Å². The molecule has 0 radical (unpaired) electrons. The zero-order valence-electron chi connectivity index (χ0n) is 7.98. The highest BCUT2D eigenvalue weighted by molar-refractivity contribution is 7.13. The predicted octanol–water partition coefficient (Wildman–Crippen LogP) is 2.24. The lowest BCUT2D eigenvalue weighted by molar-refractivity contribution is 0.103. The molecule has 0 fully saturated rings. The maximum atomic E-state index is 12.0. The third kappa shape index (κ3) is 1.80. The molecule has 0 amide bonds. The highest BCUT2D eigenvalue weighted by atomic mass is 35.5. The van der Waals surface area contributed by atoms with Gasteiger partial charge in [-0.15, -0.1) is 16.4 Å². The Hall–Kier alpha value is -1.20. The number of ketones is 1. The van der Waals surface area contributed by atoms with Crippen molar-refractivity contribution in [2.75, 3.05) is 0 Å². The topological polar surface area (TPSA) is 47.8 Å². The summed E-state index contributed by atoms with van der Waals surface area (Å²) in [6, 6.07) is 1.71. The Morgan fingerprint density at radius 1 is 1.67 bits per heavy atom. The molecule has 0 aliphatic heterocycles. The van der Waals surface area contributed by atoms with Gasteiger partial charge in [-0.1, -0.05) is 16.8 Å². The highest BCUT2D eigenvalue weighted by Crippen LogP contribution is 2.24. The molecule has 2 aromatic rings. The van der Waals surface area contributed by atoms with E-state index in [2.05, 4.69) is 10.3 Å². The molecule has 0 aliphatic carbocycles. The van der Waals surface area contributed by atoms with Crippen LogP contribution < -0.4 is 0 Å². The van der Waals surface area contributed by atoms with Gasteiger partial charge in [0.25, 0.3) is 0 Å². The molecule has 0 aromatic carbocycles. The van der Waals surface area contributed by atoms with E-state index in [0.29, 0.717) is 22.1 Å². The lowest BCUT2D eigenvalue weighted by Gasteiger charge is -2.00. The molecular formula is C9H8ClN3OS. The first-order chi connectivity index (χ1) is 7.24. The van der Waals surface area contributed by atoms with E-state index in [9.17, 15) is 4.79 Å². The molecule has 0 atom stereocenters. The standard InChI is InChI=1S/C9H8ClN3OS/c1-2-13-7(5-11-12-13)8(14)9-6(10)3-4-15-9/h3-5H,2H2,1H3. The number of aryl methyl sites for hydroxylation is 1. The fraction of sp³-hybridized carbons (Fsp3) is 0.222. The van der Waals surface area contributed by atoms with E-state index in [1.54, 1.807) is 16.1 Å². The molecule has 4 nitrogen and oxygen atoms in total. The van der Waals surface area contributed by atoms with Crippen molar-refractivity contribution in [1.82, 2.24) is 15.0 Å². The maximum Gasteiger partial charge on any atom is 0.224 e. The van der Waals surface area contributed by atoms with E-state index >= 15 is 0 Å². The average Bonchev–Trinajstić information content (AvgIpc) is 2.84. The Morgan fingerprint density at radius 3 is 3.07 bits per heavy atom. The molecule has 2 rings (SSSR count). The van der Waals surface area contributed by atoms with Crippen LogP contribution in [-0.2, 0) is 6.54 Å². The van der Waals surface area contributed by atoms with E-state index in [1.807, 2.05) is 6.92 Å². The van der Waals surface area contributed by atoms with Crippen molar-refractivity contribution >= 4 is 28.7 Å². The quantitative estimate of drug-likeness (QED) is 0.775. The normalized spacial score (nSPS) is 10.5. The predicted molar refractivity (Wildman–Crippen MR) is 58.5 cm³/mol. The fourth-order valence-electron chi connectivity index (χ4n) is 1.24. The number of hydrogen-bond donors (Lipinski definition) is 0. The van der Waals surface area contributed by atoms with Crippen LogP contribution in [0, 0.1) is 0 Å². The molecule has 0 bridgehead atoms. The maximum absolute atomic E-state index is 12.0. The van der Waals surface area contributed by atoms with Gasteiger partial charge < -0.3 is 0 Å². The van der Waals surface area contributed by atoms with Gasteiger partial charge in [0.1, 0.15) is 5.69 Å². The molecule has 0 N–H and O–H groups in total. The van der Waals surface area contributed by atoms with Gasteiger partial charge >= 0.3 is 0 Å². The third-order valence-corrected chi connectivity index (χ3v) is 3.31. The fourth-order valence-corrected chi connectivity index (χ4v) is 2.33. The van der Waals surface area contributed by atoms with Gasteiger partial charge in [0, 0.05) is 6.54 Å². The Bertz CT molecular complexity index is 491. The Morgan fingerprint density at radius 2 is 2.47 bits per heavy atom. The first-order valence-electron chi connectivity index (χ1n) is 4.40. The van der Waals surface area contributed by atoms with E-state index in [1.165, 1.54) is 17.5 Å². The minimum Gasteiger partial charge on any atom is -0.286 e. The Balaban J connectivity index is 2.41. The zero-order chi connectivity index (χ0) is 10.8. The van der Waals surface area contributed by atoms with Gasteiger partial charge in [0.15, 0.2) is 0 Å². The van der Waals surface area contributed by atoms with E-state index in [0.717, 1.165) is 0 Å². The molecule has 15 heavy (non-hydrogen) atoms. The number of thiophene rings is 1. The Kier molecular flexibility index (Phi) is 2.83. The number of carbonyl (C=O) groups excluding carboxylic acids is 1. The van der Waals surface area contributed by atoms with Crippen molar-refractivity contribution in [2.24, 2.45) is 0 Å². The highest BCUT2D eigenvalue weighted by Gasteiger charge is 2.18. The summed E-state index contributed by atoms with van der Waals surface area (Å²) >= 11 is 7.21. The van der Waals surface area contributed by atoms with Crippen molar-refractivity contribution < 1.29 is 4.79 Å². The van der Waals surface area contributed by atoms with E-state index in [-0.39, 0.29) is 5.78 Å². The molecule has 0 aliphatic rings. The number of carbonyl (C=O) groups is 1. The number of hydrogen-bond acceptors (Lipinski definition) is 4. The van der Waals surface area contributed by atoms with Crippen molar-refractivity contribution in [3.8, 4) is 0 Å². The second kappa shape index (κ2) is 4.12. The Labute approximate surface area is 95.5 Å². The first kappa shape index (κ1) is 10.3. The largest absolute Gasteiger partial charge is 0.286 e. The van der Waals surface area contributed by atoms with E-state index < -0.39 is 0 Å². The number of halogens is 1. The number of nitrogens with zero attached hydrogens (tertiary/aromatic N) is 3. The lowest BCUT2D eigenvalue weighted by atomic mass is 10.2. The van der Waals surface area contributed by atoms with Gasteiger partial charge in [-0.3, -0.25) is 4.79 Å². The van der Waals surface area contributed by atoms with Gasteiger partial charge in [-0.05, 0) is 18.4 Å². The van der Waals surface area contributed by atoms with Gasteiger partial charge in [0.05, 0.1) is 16.1 Å². The summed E-state index contributed by atoms with van der Waals surface area (Å²) in [7, 11) is 0. The molecular weight excluding hydrogens is 234 g/mol. The minimum absolute atomic E-state index is 0.123. The summed E-state index contributed by atoms with van der Waals surface area (Å²) in [5.74, 6) is -0.123. The van der Waals surface area contributed by atoms with Crippen LogP contribution in [-0.4, -0.2) is 20.8 Å². The molecule has 0 saturated heterocycles. The molecule has 78 valence electrons. The first-order valence-corrected chi connectivity index (χ1v) is 5.66. The second-order valence-electron chi connectivity index (χ2n) is 2.86. The lowest BCUT2D eigenvalue weighted by Crippen LogP contribution is -2.09. The summed E-state index contributed by atoms with van der Waals surface area (Å²) in [6.07, 6.45) is 1.46. The smallest absolute Gasteiger partial charge is 0.224 e. The molecule has 2 aromatic heterocycles. The third-order valence-electron chi connectivity index (χ3n) is 1.97. The van der Waals surface area contributed by atoms with Crippen LogP contribution in [0.5, 0.6) is 0 Å². The molecule has 6 heteroatoms. The van der Waals surface area contributed by atoms with Crippen molar-refractivity contribution in [1.29, 1.82) is 0 Å². The second-order valence-corrected chi connectivity index (χ2v) is 4.19. The van der Waals surface area contributed by atoms with E-state index in [4.69, 9.17) is 11.6 Å². The van der Waals surface area contributed by atoms with Crippen molar-refractivity contribution in [3.63, 3.8) is 0 Å². The van der Waals surface area contributed by atoms with Crippen LogP contribution in [0.2, 0.25) is 5.02 Å². The van der Waals surface area contributed by atoms with Gasteiger partial charge in [-0.2, -0.15) is 0 Å². The molecule has 0 spiro atoms. The molecule has 0 saturated carbocycles. The van der Waals surface area contributed by atoms with Crippen LogP contribution in [0.25, 0.3) is 0 Å². The van der Waals surface area contributed by atoms with Crippen LogP contribution in [0.4, 0.5) is 0 Å². The molecule has 2 heterocycles. The summed E-state index contributed by atoms with van der Waals surface area (Å²) in [6.45, 7) is 2.52. The van der Waals surface area contributed by atoms with Gasteiger partial charge in [-0.25, -0.2) is 4.68 Å². The zero-order valence-corrected chi connectivity index (χ0v) is 9.55. The van der Waals surface area contributed by atoms with Crippen LogP contribution in [0.15, 0.2) is 17.6 Å². The van der Waals surface area contributed by atoms with Crippen LogP contribution in [0.1, 0.15) is 22.3 Å². The summed E-state index contributed by atoms with van der Waals surface area (Å²) in [5, 5.41) is 9.78. The average molecular weight is 242 g/mol. The summed E-state index contributed by atoms with van der Waals surface area (Å²) in [5.41, 5.74) is 0.474. The summed E-state index contributed by atoms with van der Waals surface area (Å²) in [4.78, 5) is 12.5. The SMILES string of the molecule is CCn1nncc1C(=O)c1sccc1Cl. The van der Waals surface area contributed by atoms with Crippen molar-refractivity contribution in [2.45, 2.75) is 13.5 Å². The monoisotopic (exact) mass is 241 g/mol. The molecule has 0 unspecified atom stereocenters. The number of rotatable bonds is 3. The van der Waals surface area contributed by atoms with Crippen molar-refractivity contribution in [3.05, 3.63) is 33.2 Å². The number of aromatic nitrogens is 3.